The highest BCUT2D eigenvalue weighted by molar-refractivity contribution is 8.00. The maximum Gasteiger partial charge on any atom is 0.353 e. The number of aromatic nitrogens is 1. The van der Waals surface area contributed by atoms with Gasteiger partial charge < -0.3 is 41.3 Å². The normalized spacial score (nSPS) is 25.3. The van der Waals surface area contributed by atoms with Crippen molar-refractivity contribution in [2.75, 3.05) is 26.0 Å². The number of carbonyl (C=O) groups is 5. The van der Waals surface area contributed by atoms with Crippen molar-refractivity contribution in [3.63, 3.8) is 0 Å². The van der Waals surface area contributed by atoms with Crippen LogP contribution in [0.2, 0.25) is 0 Å². The van der Waals surface area contributed by atoms with Crippen LogP contribution in [0.3, 0.4) is 0 Å². The van der Waals surface area contributed by atoms with Gasteiger partial charge in [0.2, 0.25) is 18.0 Å². The summed E-state index contributed by atoms with van der Waals surface area (Å²) < 4.78 is 6.73. The minimum Gasteiger partial charge on any atom is -0.480 e. The Morgan fingerprint density at radius 3 is 2.37 bits per heavy atom. The lowest BCUT2D eigenvalue weighted by Crippen LogP contribution is -2.53. The topological polar surface area (TPSA) is 228 Å². The maximum atomic E-state index is 15.0. The lowest BCUT2D eigenvalue weighted by molar-refractivity contribution is -0.151. The van der Waals surface area contributed by atoms with Crippen LogP contribution in [0.15, 0.2) is 89.5 Å². The SMILES string of the molecule is CNCNC(CCC(=O)NC(CSC1C2=C3C(CCCCCC14CCCC4)CC(Cc1ccncc1)=C(C1NCC=CC1Cc1ccccc1)C3C(=O)O2)C(=O)NC(O)C(=O)O)C(=O)O. The molecule has 16 heteroatoms. The van der Waals surface area contributed by atoms with E-state index in [4.69, 9.17) is 4.74 Å². The van der Waals surface area contributed by atoms with Gasteiger partial charge in [0.25, 0.3) is 0 Å². The van der Waals surface area contributed by atoms with Gasteiger partial charge >= 0.3 is 17.9 Å². The molecule has 8 N–H and O–H groups in total. The predicted molar refractivity (Wildman–Crippen MR) is 246 cm³/mol. The fourth-order valence-electron chi connectivity index (χ4n) is 10.9. The van der Waals surface area contributed by atoms with Crippen LogP contribution < -0.4 is 26.6 Å². The lowest BCUT2D eigenvalue weighted by atomic mass is 9.65. The van der Waals surface area contributed by atoms with Crippen LogP contribution in [0, 0.1) is 23.2 Å². The highest BCUT2D eigenvalue weighted by Gasteiger charge is 2.54. The third-order valence-corrected chi connectivity index (χ3v) is 15.5. The van der Waals surface area contributed by atoms with E-state index in [-0.39, 0.29) is 59.8 Å². The van der Waals surface area contributed by atoms with Gasteiger partial charge in [-0.15, -0.1) is 11.8 Å². The number of thioether (sulfide) groups is 1. The number of carbonyl (C=O) groups excluding carboxylic acids is 3. The van der Waals surface area contributed by atoms with Crippen LogP contribution in [-0.2, 0) is 41.6 Å². The van der Waals surface area contributed by atoms with Gasteiger partial charge in [-0.1, -0.05) is 80.2 Å². The van der Waals surface area contributed by atoms with Crippen LogP contribution in [-0.4, -0.2) is 106 Å². The molecule has 15 nitrogen and oxygen atoms in total. The standard InChI is InChI=1S/C49H64N6O9S/c1-50-29-53-35(46(59)60)15-16-37(56)54-36(44(57)55-45(58)47(61)62)28-65-43-42-39-32(13-6-3-7-19-49(43)20-8-9-21-49)27-34(26-31-17-23-51-24-18-31)38(40(39)48(63)64-42)41-33(14-10-22-52-41)25-30-11-4-2-5-12-30/h2,4-5,10-12,14,17-18,23-24,32-33,35-36,40-41,43,45,50,52-53,58H,3,6-9,13,15-16,19-22,25-29H2,1H3,(H,54,56)(H,55,57)(H,59,60)(H,61,62). The minimum absolute atomic E-state index is 0.0233. The van der Waals surface area contributed by atoms with E-state index in [1.807, 2.05) is 30.6 Å². The van der Waals surface area contributed by atoms with Gasteiger partial charge in [0.05, 0.1) is 5.25 Å². The number of ether oxygens (including phenoxy) is 1. The van der Waals surface area contributed by atoms with Crippen LogP contribution in [0.25, 0.3) is 0 Å². The summed E-state index contributed by atoms with van der Waals surface area (Å²) in [5.74, 6) is -4.44. The van der Waals surface area contributed by atoms with E-state index >= 15 is 4.79 Å². The van der Waals surface area contributed by atoms with E-state index in [0.717, 1.165) is 87.3 Å². The number of hydrogen-bond acceptors (Lipinski definition) is 12. The van der Waals surface area contributed by atoms with E-state index in [1.54, 1.807) is 7.05 Å². The molecule has 2 aliphatic heterocycles. The first-order chi connectivity index (χ1) is 31.5. The fraction of sp³-hybridized carbons (Fsp3) is 0.551. The van der Waals surface area contributed by atoms with Crippen molar-refractivity contribution in [2.45, 2.75) is 119 Å². The Hall–Kier alpha value is -4.87. The van der Waals surface area contributed by atoms with Gasteiger partial charge in [-0.05, 0) is 104 Å². The maximum absolute atomic E-state index is 15.0. The summed E-state index contributed by atoms with van der Waals surface area (Å²) in [7, 11) is 1.66. The molecule has 3 aliphatic carbocycles. The Kier molecular flexibility index (Phi) is 16.7. The van der Waals surface area contributed by atoms with E-state index in [1.165, 1.54) is 22.9 Å². The number of aliphatic hydroxyl groups excluding tert-OH is 1. The highest BCUT2D eigenvalue weighted by atomic mass is 32.2. The Morgan fingerprint density at radius 1 is 0.923 bits per heavy atom. The van der Waals surface area contributed by atoms with Crippen molar-refractivity contribution in [2.24, 2.45) is 23.2 Å². The summed E-state index contributed by atoms with van der Waals surface area (Å²) in [6.45, 7) is 0.863. The molecule has 2 amide bonds. The van der Waals surface area contributed by atoms with Crippen LogP contribution in [0.4, 0.5) is 0 Å². The molecule has 0 radical (unpaired) electrons. The molecule has 0 bridgehead atoms. The number of aliphatic hydroxyl groups is 1. The molecule has 8 unspecified atom stereocenters. The zero-order chi connectivity index (χ0) is 45.9. The molecule has 2 aromatic rings. The first-order valence-electron chi connectivity index (χ1n) is 23.2. The zero-order valence-corrected chi connectivity index (χ0v) is 38.0. The first-order valence-corrected chi connectivity index (χ1v) is 24.3. The Balaban J connectivity index is 1.27. The van der Waals surface area contributed by atoms with Crippen molar-refractivity contribution < 1.29 is 44.0 Å². The second-order valence-electron chi connectivity index (χ2n) is 18.2. The molecule has 3 heterocycles. The fourth-order valence-corrected chi connectivity index (χ4v) is 12.6. The Bertz CT molecular complexity index is 2110. The second-order valence-corrected chi connectivity index (χ2v) is 19.4. The van der Waals surface area contributed by atoms with Crippen LogP contribution >= 0.6 is 11.8 Å². The summed E-state index contributed by atoms with van der Waals surface area (Å²) in [5, 5.41) is 43.3. The van der Waals surface area contributed by atoms with Gasteiger partial charge in [-0.25, -0.2) is 4.79 Å². The van der Waals surface area contributed by atoms with E-state index < -0.39 is 48.0 Å². The van der Waals surface area contributed by atoms with E-state index in [2.05, 4.69) is 68.0 Å². The minimum atomic E-state index is -2.21. The van der Waals surface area contributed by atoms with Gasteiger partial charge in [0, 0.05) is 49.7 Å². The van der Waals surface area contributed by atoms with Gasteiger partial charge in [-0.3, -0.25) is 29.5 Å². The summed E-state index contributed by atoms with van der Waals surface area (Å²) >= 11 is 1.44. The number of carboxylic acid groups (broad SMARTS) is 2. The number of esters is 1. The number of hydrogen-bond donors (Lipinski definition) is 8. The Labute approximate surface area is 385 Å². The quantitative estimate of drug-likeness (QED) is 0.0556. The zero-order valence-electron chi connectivity index (χ0n) is 37.1. The molecule has 7 rings (SSSR count). The van der Waals surface area contributed by atoms with Gasteiger partial charge in [0.1, 0.15) is 23.8 Å². The second kappa shape index (κ2) is 22.6. The number of benzene rings is 1. The predicted octanol–water partition coefficient (Wildman–Crippen LogP) is 4.38. The van der Waals surface area contributed by atoms with E-state index in [0.29, 0.717) is 18.7 Å². The van der Waals surface area contributed by atoms with Crippen molar-refractivity contribution in [1.82, 2.24) is 31.6 Å². The number of nitrogens with one attached hydrogen (secondary N) is 5. The van der Waals surface area contributed by atoms with Crippen molar-refractivity contribution in [1.29, 1.82) is 0 Å². The molecule has 1 aromatic heterocycles. The van der Waals surface area contributed by atoms with Gasteiger partial charge in [0.15, 0.2) is 0 Å². The lowest BCUT2D eigenvalue weighted by Gasteiger charge is -2.42. The average molecular weight is 913 g/mol. The van der Waals surface area contributed by atoms with E-state index in [9.17, 15) is 34.5 Å². The summed E-state index contributed by atoms with van der Waals surface area (Å²) in [6, 6.07) is 12.0. The molecule has 350 valence electrons. The Morgan fingerprint density at radius 2 is 1.66 bits per heavy atom. The molecule has 8 atom stereocenters. The number of nitrogens with zero attached hydrogens (tertiary/aromatic N) is 1. The van der Waals surface area contributed by atoms with Gasteiger partial charge in [-0.2, -0.15) is 0 Å². The average Bonchev–Trinajstić information content (AvgIpc) is 3.91. The molecule has 0 saturated heterocycles. The van der Waals surface area contributed by atoms with Crippen molar-refractivity contribution in [3.05, 3.63) is 101 Å². The smallest absolute Gasteiger partial charge is 0.353 e. The molecule has 1 aromatic carbocycles. The van der Waals surface area contributed by atoms with Crippen molar-refractivity contribution >= 4 is 41.5 Å². The largest absolute Gasteiger partial charge is 0.480 e. The third-order valence-electron chi connectivity index (χ3n) is 14.0. The van der Waals surface area contributed by atoms with Crippen LogP contribution in [0.1, 0.15) is 88.2 Å². The molecular formula is C49H64N6O9S. The first kappa shape index (κ1) is 48.1. The van der Waals surface area contributed by atoms with Crippen molar-refractivity contribution in [3.8, 4) is 0 Å². The monoisotopic (exact) mass is 912 g/mol. The summed E-state index contributed by atoms with van der Waals surface area (Å²) in [6.07, 6.45) is 16.4. The molecule has 65 heavy (non-hydrogen) atoms. The number of carboxylic acids is 2. The summed E-state index contributed by atoms with van der Waals surface area (Å²) in [4.78, 5) is 70.1. The number of amides is 2. The number of aliphatic carboxylic acids is 2. The molecule has 1 fully saturated rings. The summed E-state index contributed by atoms with van der Waals surface area (Å²) in [5.41, 5.74) is 5.43. The number of allylic oxidation sites excluding steroid dienone is 1. The van der Waals surface area contributed by atoms with Crippen LogP contribution in [0.5, 0.6) is 0 Å². The third kappa shape index (κ3) is 11.8. The molecule has 5 aliphatic rings. The molecule has 1 saturated carbocycles. The number of rotatable bonds is 19. The highest BCUT2D eigenvalue weighted by Crippen LogP contribution is 2.58. The number of pyridine rings is 1. The molecular weight excluding hydrogens is 849 g/mol. The molecule has 1 spiro atoms.